The number of aryl methyl sites for hydroxylation is 1. The number of methoxy groups -OCH3 is 1. The molecule has 0 aliphatic carbocycles. The largest absolute Gasteiger partial charge is 0.493 e. The van der Waals surface area contributed by atoms with Crippen LogP contribution in [0.15, 0.2) is 70.6 Å². The van der Waals surface area contributed by atoms with Gasteiger partial charge in [0.1, 0.15) is 6.61 Å². The molecule has 0 bridgehead atoms. The molecule has 3 aromatic carbocycles. The van der Waals surface area contributed by atoms with Crippen LogP contribution in [-0.4, -0.2) is 30.1 Å². The van der Waals surface area contributed by atoms with E-state index >= 15 is 0 Å². The Labute approximate surface area is 213 Å². The molecule has 0 saturated carbocycles. The first-order valence-corrected chi connectivity index (χ1v) is 12.0. The monoisotopic (exact) mass is 512 g/mol. The summed E-state index contributed by atoms with van der Waals surface area (Å²) in [6.45, 7) is 2.28. The lowest BCUT2D eigenvalue weighted by Crippen LogP contribution is -2.23. The minimum absolute atomic E-state index is 0.130. The molecule has 0 aromatic heterocycles. The number of thioether (sulfide) groups is 1. The normalized spacial score (nSPS) is 15.9. The van der Waals surface area contributed by atoms with Crippen LogP contribution < -0.4 is 9.47 Å². The van der Waals surface area contributed by atoms with Crippen LogP contribution in [-0.2, 0) is 11.4 Å². The van der Waals surface area contributed by atoms with E-state index < -0.39 is 0 Å². The number of nitrogens with zero attached hydrogens (tertiary/aromatic N) is 2. The van der Waals surface area contributed by atoms with E-state index in [0.29, 0.717) is 31.6 Å². The van der Waals surface area contributed by atoms with Gasteiger partial charge in [0.2, 0.25) is 0 Å². The molecule has 1 saturated heterocycles. The summed E-state index contributed by atoms with van der Waals surface area (Å²) in [7, 11) is 3.30. The third kappa shape index (κ3) is 5.41. The van der Waals surface area contributed by atoms with E-state index in [9.17, 15) is 4.79 Å². The third-order valence-corrected chi connectivity index (χ3v) is 6.94. The van der Waals surface area contributed by atoms with Gasteiger partial charge >= 0.3 is 0 Å². The molecule has 3 aromatic rings. The first kappa shape index (κ1) is 24.2. The SMILES string of the molecule is COc1cccc(/C=C2/SC(=Nc3ccc(C)cc3)N(C)C2=O)c1OCc1ccc(Cl)c(Cl)c1. The second-order valence-corrected chi connectivity index (χ2v) is 9.44. The summed E-state index contributed by atoms with van der Waals surface area (Å²) < 4.78 is 11.6. The molecule has 1 amide bonds. The number of para-hydroxylation sites is 1. The molecule has 0 unspecified atom stereocenters. The summed E-state index contributed by atoms with van der Waals surface area (Å²) in [6.07, 6.45) is 1.80. The van der Waals surface area contributed by atoms with E-state index in [0.717, 1.165) is 22.4 Å². The van der Waals surface area contributed by atoms with Gasteiger partial charge in [-0.25, -0.2) is 4.99 Å². The summed E-state index contributed by atoms with van der Waals surface area (Å²) >= 11 is 13.5. The molecule has 5 nitrogen and oxygen atoms in total. The van der Waals surface area contributed by atoms with Crippen molar-refractivity contribution in [3.63, 3.8) is 0 Å². The van der Waals surface area contributed by atoms with Crippen molar-refractivity contribution in [1.82, 2.24) is 4.90 Å². The average molecular weight is 513 g/mol. The van der Waals surface area contributed by atoms with Crippen LogP contribution in [0.25, 0.3) is 6.08 Å². The molecule has 0 atom stereocenters. The van der Waals surface area contributed by atoms with Crippen LogP contribution in [0.5, 0.6) is 11.5 Å². The molecular weight excluding hydrogens is 491 g/mol. The maximum atomic E-state index is 12.9. The molecule has 1 heterocycles. The predicted molar refractivity (Wildman–Crippen MR) is 140 cm³/mol. The van der Waals surface area contributed by atoms with Crippen molar-refractivity contribution < 1.29 is 14.3 Å². The van der Waals surface area contributed by atoms with Crippen LogP contribution in [0.3, 0.4) is 0 Å². The fraction of sp³-hybridized carbons (Fsp3) is 0.154. The molecule has 0 radical (unpaired) electrons. The number of ether oxygens (including phenoxy) is 2. The molecule has 8 heteroatoms. The van der Waals surface area contributed by atoms with Crippen molar-refractivity contribution in [2.24, 2.45) is 4.99 Å². The van der Waals surface area contributed by atoms with E-state index in [1.54, 1.807) is 37.3 Å². The summed E-state index contributed by atoms with van der Waals surface area (Å²) in [4.78, 5) is 19.7. The van der Waals surface area contributed by atoms with Crippen molar-refractivity contribution in [2.45, 2.75) is 13.5 Å². The number of amides is 1. The molecule has 0 N–H and O–H groups in total. The number of rotatable bonds is 6. The van der Waals surface area contributed by atoms with E-state index in [-0.39, 0.29) is 12.5 Å². The zero-order chi connectivity index (χ0) is 24.2. The topological polar surface area (TPSA) is 51.1 Å². The van der Waals surface area contributed by atoms with Crippen molar-refractivity contribution in [3.8, 4) is 11.5 Å². The highest BCUT2D eigenvalue weighted by Gasteiger charge is 2.30. The van der Waals surface area contributed by atoms with Crippen LogP contribution in [0, 0.1) is 6.92 Å². The molecule has 0 spiro atoms. The number of halogens is 2. The molecule has 4 rings (SSSR count). The Morgan fingerprint density at radius 1 is 1.06 bits per heavy atom. The maximum Gasteiger partial charge on any atom is 0.266 e. The lowest BCUT2D eigenvalue weighted by molar-refractivity contribution is -0.121. The quantitative estimate of drug-likeness (QED) is 0.329. The Hall–Kier alpha value is -2.93. The third-order valence-electron chi connectivity index (χ3n) is 5.15. The van der Waals surface area contributed by atoms with Crippen LogP contribution >= 0.6 is 35.0 Å². The molecular formula is C26H22Cl2N2O3S. The predicted octanol–water partition coefficient (Wildman–Crippen LogP) is 7.12. The molecule has 174 valence electrons. The van der Waals surface area contributed by atoms with Crippen LogP contribution in [0.1, 0.15) is 16.7 Å². The van der Waals surface area contributed by atoms with Crippen LogP contribution in [0.2, 0.25) is 10.0 Å². The standard InChI is InChI=1S/C26H22Cl2N2O3S/c1-16-7-10-19(11-8-16)29-26-30(2)25(31)23(34-26)14-18-5-4-6-22(32-3)24(18)33-15-17-9-12-20(27)21(28)13-17/h4-14H,15H2,1-3H3/b23-14+,29-26?. The fourth-order valence-electron chi connectivity index (χ4n) is 3.27. The average Bonchev–Trinajstić information content (AvgIpc) is 3.09. The Morgan fingerprint density at radius 3 is 2.53 bits per heavy atom. The zero-order valence-corrected chi connectivity index (χ0v) is 21.2. The lowest BCUT2D eigenvalue weighted by atomic mass is 10.1. The van der Waals surface area contributed by atoms with Gasteiger partial charge in [0.25, 0.3) is 5.91 Å². The Bertz CT molecular complexity index is 1290. The van der Waals surface area contributed by atoms with Gasteiger partial charge in [-0.1, -0.05) is 59.1 Å². The van der Waals surface area contributed by atoms with Crippen molar-refractivity contribution in [2.75, 3.05) is 14.2 Å². The molecule has 34 heavy (non-hydrogen) atoms. The first-order chi connectivity index (χ1) is 16.4. The van der Waals surface area contributed by atoms with Gasteiger partial charge in [-0.2, -0.15) is 0 Å². The summed E-state index contributed by atoms with van der Waals surface area (Å²) in [5.74, 6) is 0.962. The number of likely N-dealkylation sites (N-methyl/N-ethyl adjacent to an activating group) is 1. The van der Waals surface area contributed by atoms with Gasteiger partial charge in [-0.3, -0.25) is 9.69 Å². The highest BCUT2D eigenvalue weighted by Crippen LogP contribution is 2.38. The van der Waals surface area contributed by atoms with Gasteiger partial charge in [0.15, 0.2) is 16.7 Å². The van der Waals surface area contributed by atoms with Gasteiger partial charge < -0.3 is 9.47 Å². The van der Waals surface area contributed by atoms with Gasteiger partial charge in [0.05, 0.1) is 27.7 Å². The van der Waals surface area contributed by atoms with E-state index in [1.807, 2.05) is 55.5 Å². The van der Waals surface area contributed by atoms with Gasteiger partial charge in [0, 0.05) is 12.6 Å². The van der Waals surface area contributed by atoms with Crippen molar-refractivity contribution in [3.05, 3.63) is 92.3 Å². The second-order valence-electron chi connectivity index (χ2n) is 7.62. The second kappa shape index (κ2) is 10.6. The van der Waals surface area contributed by atoms with E-state index in [4.69, 9.17) is 32.7 Å². The van der Waals surface area contributed by atoms with Crippen molar-refractivity contribution in [1.29, 1.82) is 0 Å². The minimum Gasteiger partial charge on any atom is -0.493 e. The number of amidine groups is 1. The highest BCUT2D eigenvalue weighted by atomic mass is 35.5. The van der Waals surface area contributed by atoms with Crippen LogP contribution in [0.4, 0.5) is 5.69 Å². The molecule has 1 aliphatic heterocycles. The number of benzene rings is 3. The first-order valence-electron chi connectivity index (χ1n) is 10.4. The van der Waals surface area contributed by atoms with E-state index in [1.165, 1.54) is 11.8 Å². The molecule has 1 fully saturated rings. The number of hydrogen-bond donors (Lipinski definition) is 0. The summed E-state index contributed by atoms with van der Waals surface area (Å²) in [5.41, 5.74) is 3.53. The van der Waals surface area contributed by atoms with Gasteiger partial charge in [-0.15, -0.1) is 0 Å². The minimum atomic E-state index is -0.130. The lowest BCUT2D eigenvalue weighted by Gasteiger charge is -2.14. The Balaban J connectivity index is 1.62. The Kier molecular flexibility index (Phi) is 7.51. The van der Waals surface area contributed by atoms with Crippen molar-refractivity contribution >= 4 is 57.8 Å². The highest BCUT2D eigenvalue weighted by molar-refractivity contribution is 8.18. The number of aliphatic imine (C=N–C) groups is 1. The number of carbonyl (C=O) groups excluding carboxylic acids is 1. The Morgan fingerprint density at radius 2 is 1.82 bits per heavy atom. The summed E-state index contributed by atoms with van der Waals surface area (Å²) in [5, 5.41) is 1.56. The zero-order valence-electron chi connectivity index (χ0n) is 18.8. The smallest absolute Gasteiger partial charge is 0.266 e. The maximum absolute atomic E-state index is 12.9. The molecule has 1 aliphatic rings. The van der Waals surface area contributed by atoms with Gasteiger partial charge in [-0.05, 0) is 60.7 Å². The summed E-state index contributed by atoms with van der Waals surface area (Å²) in [6, 6.07) is 18.7. The number of carbonyl (C=O) groups is 1. The van der Waals surface area contributed by atoms with E-state index in [2.05, 4.69) is 4.99 Å². The number of hydrogen-bond acceptors (Lipinski definition) is 5. The fourth-order valence-corrected chi connectivity index (χ4v) is 4.57.